The fraction of sp³-hybridized carbons (Fsp3) is 0.333. The van der Waals surface area contributed by atoms with Gasteiger partial charge in [0.05, 0.1) is 11.5 Å². The SMILES string of the molecule is CCCc1ccc(S(=O)(=O)NCc2ccccc2OCC)cc1. The summed E-state index contributed by atoms with van der Waals surface area (Å²) in [4.78, 5) is 0.284. The Labute approximate surface area is 138 Å². The smallest absolute Gasteiger partial charge is 0.240 e. The first-order valence-corrected chi connectivity index (χ1v) is 9.34. The van der Waals surface area contributed by atoms with E-state index < -0.39 is 10.0 Å². The molecule has 124 valence electrons. The van der Waals surface area contributed by atoms with Crippen LogP contribution in [0.5, 0.6) is 5.75 Å². The fourth-order valence-electron chi connectivity index (χ4n) is 2.33. The Bertz CT molecular complexity index is 724. The van der Waals surface area contributed by atoms with E-state index in [9.17, 15) is 8.42 Å². The van der Waals surface area contributed by atoms with Gasteiger partial charge in [0.2, 0.25) is 10.0 Å². The predicted molar refractivity (Wildman–Crippen MR) is 92.1 cm³/mol. The number of aryl methyl sites for hydroxylation is 1. The molecule has 0 fully saturated rings. The van der Waals surface area contributed by atoms with Crippen LogP contribution < -0.4 is 9.46 Å². The number of rotatable bonds is 8. The Balaban J connectivity index is 2.09. The van der Waals surface area contributed by atoms with E-state index in [2.05, 4.69) is 11.6 Å². The zero-order valence-electron chi connectivity index (χ0n) is 13.6. The van der Waals surface area contributed by atoms with Crippen molar-refractivity contribution in [2.45, 2.75) is 38.1 Å². The van der Waals surface area contributed by atoms with Crippen LogP contribution in [0, 0.1) is 0 Å². The molecule has 23 heavy (non-hydrogen) atoms. The topological polar surface area (TPSA) is 55.4 Å². The molecule has 4 nitrogen and oxygen atoms in total. The molecule has 5 heteroatoms. The molecule has 0 heterocycles. The molecule has 0 unspecified atom stereocenters. The molecule has 0 amide bonds. The molecule has 2 rings (SSSR count). The first-order valence-electron chi connectivity index (χ1n) is 7.86. The van der Waals surface area contributed by atoms with Crippen LogP contribution in [-0.4, -0.2) is 15.0 Å². The summed E-state index contributed by atoms with van der Waals surface area (Å²) in [5.41, 5.74) is 1.97. The third-order valence-corrected chi connectivity index (χ3v) is 4.91. The van der Waals surface area contributed by atoms with E-state index in [4.69, 9.17) is 4.74 Å². The Morgan fingerprint density at radius 2 is 1.70 bits per heavy atom. The van der Waals surface area contributed by atoms with Gasteiger partial charge in [-0.1, -0.05) is 43.7 Å². The Hall–Kier alpha value is -1.85. The minimum Gasteiger partial charge on any atom is -0.494 e. The number of sulfonamides is 1. The number of nitrogens with one attached hydrogen (secondary N) is 1. The molecule has 0 aliphatic rings. The zero-order chi connectivity index (χ0) is 16.7. The van der Waals surface area contributed by atoms with E-state index in [1.54, 1.807) is 12.1 Å². The van der Waals surface area contributed by atoms with Crippen molar-refractivity contribution in [3.05, 3.63) is 59.7 Å². The van der Waals surface area contributed by atoms with Crippen molar-refractivity contribution in [2.24, 2.45) is 0 Å². The summed E-state index contributed by atoms with van der Waals surface area (Å²) in [6.07, 6.45) is 1.99. The lowest BCUT2D eigenvalue weighted by Crippen LogP contribution is -2.23. The van der Waals surface area contributed by atoms with Gasteiger partial charge >= 0.3 is 0 Å². The maximum atomic E-state index is 12.4. The molecule has 0 spiro atoms. The summed E-state index contributed by atoms with van der Waals surface area (Å²) in [7, 11) is -3.53. The molecule has 0 aliphatic carbocycles. The second-order valence-electron chi connectivity index (χ2n) is 5.26. The minimum absolute atomic E-state index is 0.204. The second kappa shape index (κ2) is 8.13. The molecule has 0 bridgehead atoms. The van der Waals surface area contributed by atoms with Gasteiger partial charge in [0.1, 0.15) is 5.75 Å². The molecule has 1 N–H and O–H groups in total. The van der Waals surface area contributed by atoms with Crippen molar-refractivity contribution in [1.82, 2.24) is 4.72 Å². The van der Waals surface area contributed by atoms with E-state index >= 15 is 0 Å². The zero-order valence-corrected chi connectivity index (χ0v) is 14.4. The monoisotopic (exact) mass is 333 g/mol. The Morgan fingerprint density at radius 3 is 2.35 bits per heavy atom. The molecule has 2 aromatic rings. The first-order chi connectivity index (χ1) is 11.1. The molecule has 0 saturated carbocycles. The summed E-state index contributed by atoms with van der Waals surface area (Å²) in [6, 6.07) is 14.5. The quantitative estimate of drug-likeness (QED) is 0.804. The van der Waals surface area contributed by atoms with Gasteiger partial charge in [0.15, 0.2) is 0 Å². The molecular formula is C18H23NO3S. The van der Waals surface area contributed by atoms with E-state index in [0.29, 0.717) is 12.4 Å². The lowest BCUT2D eigenvalue weighted by atomic mass is 10.1. The van der Waals surface area contributed by atoms with Crippen LogP contribution in [-0.2, 0) is 23.0 Å². The van der Waals surface area contributed by atoms with E-state index in [1.807, 2.05) is 43.3 Å². The second-order valence-corrected chi connectivity index (χ2v) is 7.03. The molecule has 0 atom stereocenters. The maximum absolute atomic E-state index is 12.4. The largest absolute Gasteiger partial charge is 0.494 e. The molecule has 0 radical (unpaired) electrons. The van der Waals surface area contributed by atoms with Crippen molar-refractivity contribution in [1.29, 1.82) is 0 Å². The third kappa shape index (κ3) is 4.81. The number of hydrogen-bond donors (Lipinski definition) is 1. The lowest BCUT2D eigenvalue weighted by molar-refractivity contribution is 0.336. The van der Waals surface area contributed by atoms with E-state index in [0.717, 1.165) is 24.0 Å². The van der Waals surface area contributed by atoms with Gasteiger partial charge < -0.3 is 4.74 Å². The first kappa shape index (κ1) is 17.5. The van der Waals surface area contributed by atoms with Crippen molar-refractivity contribution in [3.63, 3.8) is 0 Å². The van der Waals surface area contributed by atoms with Gasteiger partial charge in [-0.3, -0.25) is 0 Å². The summed E-state index contributed by atoms with van der Waals surface area (Å²) in [5.74, 6) is 0.705. The van der Waals surface area contributed by atoms with Crippen LogP contribution in [0.25, 0.3) is 0 Å². The van der Waals surface area contributed by atoms with Crippen LogP contribution in [0.1, 0.15) is 31.4 Å². The van der Waals surface area contributed by atoms with E-state index in [-0.39, 0.29) is 11.4 Å². The van der Waals surface area contributed by atoms with Gasteiger partial charge in [0, 0.05) is 12.1 Å². The third-order valence-electron chi connectivity index (χ3n) is 3.50. The highest BCUT2D eigenvalue weighted by molar-refractivity contribution is 7.89. The van der Waals surface area contributed by atoms with Crippen LogP contribution in [0.3, 0.4) is 0 Å². The predicted octanol–water partition coefficient (Wildman–Crippen LogP) is 3.52. The molecule has 0 saturated heterocycles. The average molecular weight is 333 g/mol. The van der Waals surface area contributed by atoms with Crippen molar-refractivity contribution >= 4 is 10.0 Å². The average Bonchev–Trinajstić information content (AvgIpc) is 2.55. The van der Waals surface area contributed by atoms with Crippen LogP contribution >= 0.6 is 0 Å². The summed E-state index contributed by atoms with van der Waals surface area (Å²) in [5, 5.41) is 0. The van der Waals surface area contributed by atoms with Crippen molar-refractivity contribution in [3.8, 4) is 5.75 Å². The van der Waals surface area contributed by atoms with Crippen molar-refractivity contribution < 1.29 is 13.2 Å². The molecular weight excluding hydrogens is 310 g/mol. The number of para-hydroxylation sites is 1. The normalized spacial score (nSPS) is 11.4. The standard InChI is InChI=1S/C18H23NO3S/c1-3-7-15-10-12-17(13-11-15)23(20,21)19-14-16-8-5-6-9-18(16)22-4-2/h5-6,8-13,19H,3-4,7,14H2,1-2H3. The minimum atomic E-state index is -3.53. The van der Waals surface area contributed by atoms with Crippen LogP contribution in [0.2, 0.25) is 0 Å². The van der Waals surface area contributed by atoms with Crippen LogP contribution in [0.15, 0.2) is 53.4 Å². The molecule has 0 aliphatic heterocycles. The van der Waals surface area contributed by atoms with Gasteiger partial charge in [-0.15, -0.1) is 0 Å². The highest BCUT2D eigenvalue weighted by Gasteiger charge is 2.14. The Morgan fingerprint density at radius 1 is 1.00 bits per heavy atom. The summed E-state index contributed by atoms with van der Waals surface area (Å²) < 4.78 is 32.9. The van der Waals surface area contributed by atoms with Gasteiger partial charge in [-0.05, 0) is 37.1 Å². The number of benzene rings is 2. The van der Waals surface area contributed by atoms with E-state index in [1.165, 1.54) is 0 Å². The Kier molecular flexibility index (Phi) is 6.19. The summed E-state index contributed by atoms with van der Waals surface area (Å²) in [6.45, 7) is 4.75. The number of ether oxygens (including phenoxy) is 1. The van der Waals surface area contributed by atoms with Gasteiger partial charge in [-0.25, -0.2) is 13.1 Å². The maximum Gasteiger partial charge on any atom is 0.240 e. The molecule has 2 aromatic carbocycles. The fourth-order valence-corrected chi connectivity index (χ4v) is 3.33. The lowest BCUT2D eigenvalue weighted by Gasteiger charge is -2.11. The highest BCUT2D eigenvalue weighted by atomic mass is 32.2. The highest BCUT2D eigenvalue weighted by Crippen LogP contribution is 2.19. The molecule has 0 aromatic heterocycles. The van der Waals surface area contributed by atoms with Crippen LogP contribution in [0.4, 0.5) is 0 Å². The van der Waals surface area contributed by atoms with Crippen molar-refractivity contribution in [2.75, 3.05) is 6.61 Å². The number of hydrogen-bond acceptors (Lipinski definition) is 3. The van der Waals surface area contributed by atoms with Gasteiger partial charge in [0.25, 0.3) is 0 Å². The summed E-state index contributed by atoms with van der Waals surface area (Å²) >= 11 is 0. The van der Waals surface area contributed by atoms with Gasteiger partial charge in [-0.2, -0.15) is 0 Å².